The summed E-state index contributed by atoms with van der Waals surface area (Å²) >= 11 is 0. The highest BCUT2D eigenvalue weighted by Crippen LogP contribution is 2.15. The monoisotopic (exact) mass is 296 g/mol. The van der Waals surface area contributed by atoms with Crippen LogP contribution in [0.3, 0.4) is 0 Å². The van der Waals surface area contributed by atoms with Gasteiger partial charge in [0.2, 0.25) is 20.0 Å². The van der Waals surface area contributed by atoms with Crippen LogP contribution in [-0.4, -0.2) is 40.5 Å². The van der Waals surface area contributed by atoms with E-state index in [1.807, 2.05) is 9.44 Å². The highest BCUT2D eigenvalue weighted by Gasteiger charge is 2.18. The molecule has 0 spiro atoms. The van der Waals surface area contributed by atoms with Crippen molar-refractivity contribution < 1.29 is 27.0 Å². The molecule has 8 nitrogen and oxygen atoms in total. The Hall–Kier alpha value is -1.04. The molecule has 0 aliphatic rings. The number of aliphatic hydroxyl groups is 2. The van der Waals surface area contributed by atoms with Crippen LogP contribution >= 0.6 is 0 Å². The normalized spacial score (nSPS) is 12.6. The number of rotatable bonds is 6. The summed E-state index contributed by atoms with van der Waals surface area (Å²) in [6.45, 7) is -1.59. The summed E-state index contributed by atoms with van der Waals surface area (Å²) in [5.74, 6) is 0. The Labute approximate surface area is 104 Å². The number of aliphatic hydroxyl groups excluding tert-OH is 2. The van der Waals surface area contributed by atoms with Crippen LogP contribution in [0.15, 0.2) is 34.1 Å². The van der Waals surface area contributed by atoms with Gasteiger partial charge < -0.3 is 10.2 Å². The molecule has 0 atom stereocenters. The molecule has 0 unspecified atom stereocenters. The van der Waals surface area contributed by atoms with Crippen molar-refractivity contribution in [1.82, 2.24) is 9.44 Å². The van der Waals surface area contributed by atoms with E-state index in [-0.39, 0.29) is 9.79 Å². The first-order valence-corrected chi connectivity index (χ1v) is 7.61. The molecule has 1 aromatic carbocycles. The smallest absolute Gasteiger partial charge is 0.242 e. The fourth-order valence-corrected chi connectivity index (χ4v) is 2.97. The zero-order valence-electron chi connectivity index (χ0n) is 9.07. The van der Waals surface area contributed by atoms with E-state index in [0.717, 1.165) is 6.07 Å². The highest BCUT2D eigenvalue weighted by molar-refractivity contribution is 7.90. The van der Waals surface area contributed by atoms with Crippen molar-refractivity contribution in [2.45, 2.75) is 9.79 Å². The van der Waals surface area contributed by atoms with Gasteiger partial charge >= 0.3 is 0 Å². The van der Waals surface area contributed by atoms with Crippen LogP contribution in [0.4, 0.5) is 0 Å². The molecule has 10 heteroatoms. The quantitative estimate of drug-likeness (QED) is 0.455. The van der Waals surface area contributed by atoms with Gasteiger partial charge in [-0.1, -0.05) is 6.07 Å². The molecule has 18 heavy (non-hydrogen) atoms. The lowest BCUT2D eigenvalue weighted by Crippen LogP contribution is -2.26. The fourth-order valence-electron chi connectivity index (χ4n) is 1.15. The predicted octanol–water partition coefficient (Wildman–Crippen LogP) is -1.86. The van der Waals surface area contributed by atoms with E-state index in [1.54, 1.807) is 0 Å². The Bertz CT molecular complexity index is 559. The average Bonchev–Trinajstić information content (AvgIpc) is 2.29. The minimum Gasteiger partial charge on any atom is -0.380 e. The first-order chi connectivity index (χ1) is 8.33. The van der Waals surface area contributed by atoms with Crippen molar-refractivity contribution in [3.63, 3.8) is 0 Å². The number of hydrogen-bond acceptors (Lipinski definition) is 6. The molecule has 1 aromatic rings. The molecule has 4 N–H and O–H groups in total. The standard InChI is InChI=1S/C8H12N2O6S2/c11-5-9-17(13,14)7-2-1-3-8(4-7)18(15,16)10-6-12/h1-4,9-12H,5-6H2. The third-order valence-electron chi connectivity index (χ3n) is 1.94. The Morgan fingerprint density at radius 2 is 1.28 bits per heavy atom. The average molecular weight is 296 g/mol. The summed E-state index contributed by atoms with van der Waals surface area (Å²) in [5.41, 5.74) is 0. The van der Waals surface area contributed by atoms with Crippen molar-refractivity contribution in [2.75, 3.05) is 13.5 Å². The molecule has 0 saturated carbocycles. The van der Waals surface area contributed by atoms with Gasteiger partial charge in [-0.2, -0.15) is 9.44 Å². The second-order valence-corrected chi connectivity index (χ2v) is 6.62. The molecular weight excluding hydrogens is 284 g/mol. The van der Waals surface area contributed by atoms with Gasteiger partial charge in [0.05, 0.1) is 9.79 Å². The van der Waals surface area contributed by atoms with Gasteiger partial charge in [0, 0.05) is 0 Å². The Morgan fingerprint density at radius 3 is 1.61 bits per heavy atom. The van der Waals surface area contributed by atoms with Crippen molar-refractivity contribution in [3.8, 4) is 0 Å². The van der Waals surface area contributed by atoms with Crippen molar-refractivity contribution in [1.29, 1.82) is 0 Å². The van der Waals surface area contributed by atoms with Crippen LogP contribution in [0.2, 0.25) is 0 Å². The molecule has 0 bridgehead atoms. The van der Waals surface area contributed by atoms with Gasteiger partial charge in [0.15, 0.2) is 0 Å². The van der Waals surface area contributed by atoms with Crippen molar-refractivity contribution in [2.24, 2.45) is 0 Å². The number of sulfonamides is 2. The number of hydrogen-bond donors (Lipinski definition) is 4. The van der Waals surface area contributed by atoms with Gasteiger partial charge in [-0.3, -0.25) is 0 Å². The predicted molar refractivity (Wildman–Crippen MR) is 61.3 cm³/mol. The summed E-state index contributed by atoms with van der Waals surface area (Å²) < 4.78 is 49.8. The Morgan fingerprint density at radius 1 is 0.889 bits per heavy atom. The highest BCUT2D eigenvalue weighted by atomic mass is 32.2. The molecule has 0 heterocycles. The molecule has 0 aliphatic carbocycles. The van der Waals surface area contributed by atoms with Crippen LogP contribution in [0.1, 0.15) is 0 Å². The lowest BCUT2D eigenvalue weighted by molar-refractivity contribution is 0.288. The molecular formula is C8H12N2O6S2. The minimum absolute atomic E-state index is 0.308. The van der Waals surface area contributed by atoms with Gasteiger partial charge in [0.1, 0.15) is 13.5 Å². The fraction of sp³-hybridized carbons (Fsp3) is 0.250. The third kappa shape index (κ3) is 3.48. The summed E-state index contributed by atoms with van der Waals surface area (Å²) in [4.78, 5) is -0.616. The second-order valence-electron chi connectivity index (χ2n) is 3.09. The maximum Gasteiger partial charge on any atom is 0.242 e. The third-order valence-corrected chi connectivity index (χ3v) is 4.70. The summed E-state index contributed by atoms with van der Waals surface area (Å²) in [5, 5.41) is 17.0. The summed E-state index contributed by atoms with van der Waals surface area (Å²) in [6, 6.07) is 4.50. The van der Waals surface area contributed by atoms with Crippen LogP contribution in [0.5, 0.6) is 0 Å². The van der Waals surface area contributed by atoms with Crippen LogP contribution in [0.25, 0.3) is 0 Å². The largest absolute Gasteiger partial charge is 0.380 e. The van der Waals surface area contributed by atoms with Gasteiger partial charge in [0.25, 0.3) is 0 Å². The van der Waals surface area contributed by atoms with Crippen LogP contribution in [0, 0.1) is 0 Å². The first kappa shape index (κ1) is 15.0. The SMILES string of the molecule is O=S(=O)(NCO)c1cccc(S(=O)(=O)NCO)c1. The number of benzene rings is 1. The van der Waals surface area contributed by atoms with Crippen molar-refractivity contribution in [3.05, 3.63) is 24.3 Å². The second kappa shape index (κ2) is 5.73. The molecule has 0 amide bonds. The van der Waals surface area contributed by atoms with E-state index in [9.17, 15) is 16.8 Å². The van der Waals surface area contributed by atoms with Gasteiger partial charge in [-0.15, -0.1) is 0 Å². The number of nitrogens with one attached hydrogen (secondary N) is 2. The Balaban J connectivity index is 3.23. The Kier molecular flexibility index (Phi) is 4.78. The molecule has 0 radical (unpaired) electrons. The molecule has 0 fully saturated rings. The maximum atomic E-state index is 11.5. The first-order valence-electron chi connectivity index (χ1n) is 4.64. The van der Waals surface area contributed by atoms with Gasteiger partial charge in [-0.25, -0.2) is 16.8 Å². The van der Waals surface area contributed by atoms with Crippen LogP contribution < -0.4 is 9.44 Å². The molecule has 102 valence electrons. The molecule has 0 aliphatic heterocycles. The molecule has 1 rings (SSSR count). The summed E-state index contributed by atoms with van der Waals surface area (Å²) in [6.07, 6.45) is 0. The zero-order chi connectivity index (χ0) is 13.8. The van der Waals surface area contributed by atoms with E-state index in [1.165, 1.54) is 18.2 Å². The molecule has 0 saturated heterocycles. The van der Waals surface area contributed by atoms with Crippen molar-refractivity contribution >= 4 is 20.0 Å². The van der Waals surface area contributed by atoms with E-state index >= 15 is 0 Å². The topological polar surface area (TPSA) is 133 Å². The lowest BCUT2D eigenvalue weighted by Gasteiger charge is -2.07. The zero-order valence-corrected chi connectivity index (χ0v) is 10.7. The van der Waals surface area contributed by atoms with E-state index < -0.39 is 33.5 Å². The van der Waals surface area contributed by atoms with E-state index in [0.29, 0.717) is 0 Å². The minimum atomic E-state index is -3.96. The molecule has 0 aromatic heterocycles. The van der Waals surface area contributed by atoms with E-state index in [2.05, 4.69) is 0 Å². The lowest BCUT2D eigenvalue weighted by atomic mass is 10.4. The van der Waals surface area contributed by atoms with Crippen LogP contribution in [-0.2, 0) is 20.0 Å². The summed E-state index contributed by atoms with van der Waals surface area (Å²) in [7, 11) is -7.93. The van der Waals surface area contributed by atoms with Gasteiger partial charge in [-0.05, 0) is 18.2 Å². The van der Waals surface area contributed by atoms with E-state index in [4.69, 9.17) is 10.2 Å². The maximum absolute atomic E-state index is 11.5.